The van der Waals surface area contributed by atoms with Crippen LogP contribution in [-0.2, 0) is 9.53 Å². The maximum atomic E-state index is 11.0. The van der Waals surface area contributed by atoms with Gasteiger partial charge in [0.25, 0.3) is 0 Å². The summed E-state index contributed by atoms with van der Waals surface area (Å²) in [4.78, 5) is 11.0. The van der Waals surface area contributed by atoms with Crippen LogP contribution in [0, 0.1) is 0 Å². The summed E-state index contributed by atoms with van der Waals surface area (Å²) in [7, 11) is 0. The number of aliphatic hydroxyl groups excluding tert-OH is 1. The minimum Gasteiger partial charge on any atom is -0.394 e. The summed E-state index contributed by atoms with van der Waals surface area (Å²) in [5, 5.41) is 13.9. The first-order chi connectivity index (χ1) is 6.31. The largest absolute Gasteiger partial charge is 0.394 e. The van der Waals surface area contributed by atoms with Crippen LogP contribution in [0.2, 0.25) is 0 Å². The van der Waals surface area contributed by atoms with Crippen molar-refractivity contribution < 1.29 is 14.6 Å². The van der Waals surface area contributed by atoms with Gasteiger partial charge in [0.2, 0.25) is 5.91 Å². The van der Waals surface area contributed by atoms with E-state index in [9.17, 15) is 4.79 Å². The van der Waals surface area contributed by atoms with Gasteiger partial charge in [-0.25, -0.2) is 0 Å². The monoisotopic (exact) mass is 190 g/mol. The van der Waals surface area contributed by atoms with Crippen LogP contribution in [0.5, 0.6) is 0 Å². The Balaban J connectivity index is 3.08. The number of ether oxygens (including phenoxy) is 1. The Morgan fingerprint density at radius 1 is 1.46 bits per heavy atom. The molecule has 5 nitrogen and oxygen atoms in total. The summed E-state index contributed by atoms with van der Waals surface area (Å²) in [6, 6.07) is 0. The number of hydrogen-bond donors (Lipinski definition) is 3. The van der Waals surface area contributed by atoms with E-state index < -0.39 is 0 Å². The molecule has 0 saturated heterocycles. The van der Waals surface area contributed by atoms with Gasteiger partial charge in [-0.1, -0.05) is 6.92 Å². The standard InChI is InChI=1S/C8H18N2O3/c1-2-9-7-8(12)10-3-5-13-6-4-11/h9,11H,2-7H2,1H3,(H,10,12). The Kier molecular flexibility index (Phi) is 8.97. The number of rotatable bonds is 8. The fourth-order valence-electron chi connectivity index (χ4n) is 0.730. The lowest BCUT2D eigenvalue weighted by Gasteiger charge is -2.05. The summed E-state index contributed by atoms with van der Waals surface area (Å²) in [6.07, 6.45) is 0. The third-order valence-electron chi connectivity index (χ3n) is 1.34. The van der Waals surface area contributed by atoms with Gasteiger partial charge in [0.15, 0.2) is 0 Å². The van der Waals surface area contributed by atoms with Crippen LogP contribution in [0.3, 0.4) is 0 Å². The van der Waals surface area contributed by atoms with E-state index in [-0.39, 0.29) is 12.5 Å². The molecule has 0 unspecified atom stereocenters. The Hall–Kier alpha value is -0.650. The van der Waals surface area contributed by atoms with E-state index in [0.29, 0.717) is 26.3 Å². The lowest BCUT2D eigenvalue weighted by Crippen LogP contribution is -2.35. The van der Waals surface area contributed by atoms with Gasteiger partial charge in [-0.15, -0.1) is 0 Å². The van der Waals surface area contributed by atoms with Gasteiger partial charge in [-0.3, -0.25) is 4.79 Å². The van der Waals surface area contributed by atoms with Crippen molar-refractivity contribution >= 4 is 5.91 Å². The second kappa shape index (κ2) is 9.44. The van der Waals surface area contributed by atoms with Crippen LogP contribution < -0.4 is 10.6 Å². The van der Waals surface area contributed by atoms with Crippen LogP contribution in [0.1, 0.15) is 6.92 Å². The SMILES string of the molecule is CCNCC(=O)NCCOCCO. The lowest BCUT2D eigenvalue weighted by molar-refractivity contribution is -0.120. The third kappa shape index (κ3) is 9.26. The highest BCUT2D eigenvalue weighted by molar-refractivity contribution is 5.77. The number of aliphatic hydroxyl groups is 1. The van der Waals surface area contributed by atoms with Gasteiger partial charge >= 0.3 is 0 Å². The summed E-state index contributed by atoms with van der Waals surface area (Å²) in [6.45, 7) is 4.35. The molecule has 0 aliphatic heterocycles. The van der Waals surface area contributed by atoms with Crippen molar-refractivity contribution in [2.24, 2.45) is 0 Å². The highest BCUT2D eigenvalue weighted by Gasteiger charge is 1.97. The van der Waals surface area contributed by atoms with Crippen LogP contribution in [-0.4, -0.2) is 50.5 Å². The van der Waals surface area contributed by atoms with Crippen LogP contribution in [0.25, 0.3) is 0 Å². The molecule has 0 aromatic heterocycles. The van der Waals surface area contributed by atoms with Gasteiger partial charge in [0.1, 0.15) is 0 Å². The summed E-state index contributed by atoms with van der Waals surface area (Å²) >= 11 is 0. The number of amides is 1. The maximum Gasteiger partial charge on any atom is 0.234 e. The average molecular weight is 190 g/mol. The lowest BCUT2D eigenvalue weighted by atomic mass is 10.5. The van der Waals surface area contributed by atoms with Crippen LogP contribution in [0.15, 0.2) is 0 Å². The molecular formula is C8H18N2O3. The molecule has 13 heavy (non-hydrogen) atoms. The van der Waals surface area contributed by atoms with Gasteiger partial charge in [-0.05, 0) is 6.54 Å². The number of carbonyl (C=O) groups is 1. The normalized spacial score (nSPS) is 10.0. The van der Waals surface area contributed by atoms with Crippen LogP contribution >= 0.6 is 0 Å². The summed E-state index contributed by atoms with van der Waals surface area (Å²) in [5.74, 6) is -0.0329. The fourth-order valence-corrected chi connectivity index (χ4v) is 0.730. The molecule has 0 fully saturated rings. The van der Waals surface area contributed by atoms with E-state index in [4.69, 9.17) is 9.84 Å². The van der Waals surface area contributed by atoms with Gasteiger partial charge in [0.05, 0.1) is 26.4 Å². The Morgan fingerprint density at radius 3 is 2.85 bits per heavy atom. The van der Waals surface area contributed by atoms with Crippen molar-refractivity contribution in [3.8, 4) is 0 Å². The molecule has 0 aromatic rings. The fraction of sp³-hybridized carbons (Fsp3) is 0.875. The summed E-state index contributed by atoms with van der Waals surface area (Å²) in [5.41, 5.74) is 0. The molecule has 0 heterocycles. The molecule has 0 rings (SSSR count). The molecule has 0 aliphatic rings. The zero-order valence-corrected chi connectivity index (χ0v) is 8.01. The predicted molar refractivity (Wildman–Crippen MR) is 49.5 cm³/mol. The number of likely N-dealkylation sites (N-methyl/N-ethyl adjacent to an activating group) is 1. The van der Waals surface area contributed by atoms with Gasteiger partial charge in [-0.2, -0.15) is 0 Å². The molecule has 0 bridgehead atoms. The van der Waals surface area contributed by atoms with E-state index in [2.05, 4.69) is 10.6 Å². The highest BCUT2D eigenvalue weighted by atomic mass is 16.5. The second-order valence-corrected chi connectivity index (χ2v) is 2.47. The second-order valence-electron chi connectivity index (χ2n) is 2.47. The molecule has 0 saturated carbocycles. The summed E-state index contributed by atoms with van der Waals surface area (Å²) < 4.78 is 4.95. The van der Waals surface area contributed by atoms with E-state index in [1.54, 1.807) is 0 Å². The van der Waals surface area contributed by atoms with E-state index >= 15 is 0 Å². The van der Waals surface area contributed by atoms with Crippen molar-refractivity contribution in [3.63, 3.8) is 0 Å². The molecular weight excluding hydrogens is 172 g/mol. The maximum absolute atomic E-state index is 11.0. The molecule has 0 radical (unpaired) electrons. The quantitative estimate of drug-likeness (QED) is 0.417. The van der Waals surface area contributed by atoms with Crippen LogP contribution in [0.4, 0.5) is 0 Å². The first kappa shape index (κ1) is 12.3. The molecule has 0 atom stereocenters. The molecule has 78 valence electrons. The molecule has 0 aliphatic carbocycles. The van der Waals surface area contributed by atoms with Crippen molar-refractivity contribution in [2.75, 3.05) is 39.5 Å². The molecule has 0 spiro atoms. The highest BCUT2D eigenvalue weighted by Crippen LogP contribution is 1.71. The number of carbonyl (C=O) groups excluding carboxylic acids is 1. The third-order valence-corrected chi connectivity index (χ3v) is 1.34. The van der Waals surface area contributed by atoms with Crippen molar-refractivity contribution in [1.29, 1.82) is 0 Å². The first-order valence-electron chi connectivity index (χ1n) is 4.47. The molecule has 5 heteroatoms. The topological polar surface area (TPSA) is 70.6 Å². The number of hydrogen-bond acceptors (Lipinski definition) is 4. The number of nitrogens with one attached hydrogen (secondary N) is 2. The van der Waals surface area contributed by atoms with Gasteiger partial charge < -0.3 is 20.5 Å². The van der Waals surface area contributed by atoms with E-state index in [1.807, 2.05) is 6.92 Å². The Labute approximate surface area is 78.5 Å². The van der Waals surface area contributed by atoms with Crippen molar-refractivity contribution in [1.82, 2.24) is 10.6 Å². The zero-order chi connectivity index (χ0) is 9.94. The zero-order valence-electron chi connectivity index (χ0n) is 8.01. The molecule has 0 aromatic carbocycles. The van der Waals surface area contributed by atoms with Crippen molar-refractivity contribution in [3.05, 3.63) is 0 Å². The van der Waals surface area contributed by atoms with E-state index in [1.165, 1.54) is 0 Å². The first-order valence-corrected chi connectivity index (χ1v) is 4.47. The smallest absolute Gasteiger partial charge is 0.234 e. The Bertz CT molecular complexity index is 131. The predicted octanol–water partition coefficient (Wildman–Crippen LogP) is -1.28. The average Bonchev–Trinajstić information content (AvgIpc) is 2.14. The molecule has 1 amide bonds. The molecule has 3 N–H and O–H groups in total. The van der Waals surface area contributed by atoms with E-state index in [0.717, 1.165) is 6.54 Å². The minimum absolute atomic E-state index is 0.0192. The van der Waals surface area contributed by atoms with Crippen molar-refractivity contribution in [2.45, 2.75) is 6.92 Å². The minimum atomic E-state index is -0.0329. The van der Waals surface area contributed by atoms with Gasteiger partial charge in [0, 0.05) is 6.54 Å². The Morgan fingerprint density at radius 2 is 2.23 bits per heavy atom.